The average Bonchev–Trinajstić information content (AvgIpc) is 2.42. The molecule has 4 heteroatoms. The molecule has 2 aliphatic rings. The van der Waals surface area contributed by atoms with E-state index in [-0.39, 0.29) is 5.91 Å². The number of nitrogens with zero attached hydrogens (tertiary/aromatic N) is 3. The maximum absolute atomic E-state index is 12.6. The summed E-state index contributed by atoms with van der Waals surface area (Å²) in [5.41, 5.74) is -0.712. The van der Waals surface area contributed by atoms with E-state index in [1.165, 1.54) is 0 Å². The van der Waals surface area contributed by atoms with Gasteiger partial charge in [0, 0.05) is 26.2 Å². The first-order chi connectivity index (χ1) is 9.02. The first-order valence-electron chi connectivity index (χ1n) is 7.43. The van der Waals surface area contributed by atoms with Gasteiger partial charge in [0.1, 0.15) is 5.41 Å². The number of piperidine rings is 1. The highest BCUT2D eigenvalue weighted by atomic mass is 16.2. The van der Waals surface area contributed by atoms with Gasteiger partial charge in [0.2, 0.25) is 5.91 Å². The zero-order valence-corrected chi connectivity index (χ0v) is 12.4. The van der Waals surface area contributed by atoms with Crippen molar-refractivity contribution >= 4 is 5.91 Å². The monoisotopic (exact) mass is 263 g/mol. The van der Waals surface area contributed by atoms with Gasteiger partial charge in [0.25, 0.3) is 0 Å². The molecule has 0 radical (unpaired) electrons. The average molecular weight is 263 g/mol. The van der Waals surface area contributed by atoms with Crippen molar-refractivity contribution in [1.82, 2.24) is 9.80 Å². The Kier molecular flexibility index (Phi) is 4.15. The minimum absolute atomic E-state index is 0.0584. The SMILES string of the molecule is CCN1CCC(N(C)C(=O)C2(C#N)CC(C)C2)CC1. The highest BCUT2D eigenvalue weighted by molar-refractivity contribution is 5.86. The lowest BCUT2D eigenvalue weighted by Crippen LogP contribution is -2.53. The van der Waals surface area contributed by atoms with Gasteiger partial charge in [-0.05, 0) is 38.1 Å². The second kappa shape index (κ2) is 5.50. The lowest BCUT2D eigenvalue weighted by Gasteiger charge is -2.44. The van der Waals surface area contributed by atoms with Crippen molar-refractivity contribution in [2.75, 3.05) is 26.7 Å². The van der Waals surface area contributed by atoms with Crippen LogP contribution in [0, 0.1) is 22.7 Å². The van der Waals surface area contributed by atoms with Crippen molar-refractivity contribution < 1.29 is 4.79 Å². The molecule has 2 rings (SSSR count). The first-order valence-corrected chi connectivity index (χ1v) is 7.43. The molecule has 1 aliphatic heterocycles. The first kappa shape index (κ1) is 14.3. The third kappa shape index (κ3) is 2.62. The molecule has 2 fully saturated rings. The van der Waals surface area contributed by atoms with E-state index in [0.29, 0.717) is 12.0 Å². The van der Waals surface area contributed by atoms with Crippen LogP contribution in [0.4, 0.5) is 0 Å². The summed E-state index contributed by atoms with van der Waals surface area (Å²) in [6.45, 7) is 7.51. The summed E-state index contributed by atoms with van der Waals surface area (Å²) in [6, 6.07) is 2.60. The Balaban J connectivity index is 1.95. The topological polar surface area (TPSA) is 47.3 Å². The number of rotatable bonds is 3. The highest BCUT2D eigenvalue weighted by Gasteiger charge is 2.51. The number of nitriles is 1. The van der Waals surface area contributed by atoms with E-state index < -0.39 is 5.41 Å². The molecule has 1 saturated heterocycles. The van der Waals surface area contributed by atoms with Crippen LogP contribution in [0.1, 0.15) is 39.5 Å². The predicted octanol–water partition coefficient (Wildman–Crippen LogP) is 1.87. The van der Waals surface area contributed by atoms with Gasteiger partial charge >= 0.3 is 0 Å². The van der Waals surface area contributed by atoms with Crippen LogP contribution in [-0.4, -0.2) is 48.4 Å². The van der Waals surface area contributed by atoms with Gasteiger partial charge in [-0.3, -0.25) is 4.79 Å². The fraction of sp³-hybridized carbons (Fsp3) is 0.867. The Hall–Kier alpha value is -1.08. The highest BCUT2D eigenvalue weighted by Crippen LogP contribution is 2.46. The van der Waals surface area contributed by atoms with Crippen LogP contribution >= 0.6 is 0 Å². The standard InChI is InChI=1S/C15H25N3O/c1-4-18-7-5-13(6-8-18)17(3)14(19)15(11-16)9-12(2)10-15/h12-13H,4-10H2,1-3H3. The molecular formula is C15H25N3O. The number of hydrogen-bond acceptors (Lipinski definition) is 3. The normalized spacial score (nSPS) is 32.4. The van der Waals surface area contributed by atoms with Crippen LogP contribution in [0.15, 0.2) is 0 Å². The summed E-state index contributed by atoms with van der Waals surface area (Å²) in [6.07, 6.45) is 3.54. The molecule has 0 atom stereocenters. The van der Waals surface area contributed by atoms with Crippen LogP contribution < -0.4 is 0 Å². The Morgan fingerprint density at radius 2 is 2.00 bits per heavy atom. The molecule has 0 aromatic heterocycles. The predicted molar refractivity (Wildman–Crippen MR) is 74.4 cm³/mol. The van der Waals surface area contributed by atoms with E-state index in [2.05, 4.69) is 24.8 Å². The van der Waals surface area contributed by atoms with E-state index >= 15 is 0 Å². The summed E-state index contributed by atoms with van der Waals surface area (Å²) in [4.78, 5) is 16.8. The molecular weight excluding hydrogens is 238 g/mol. The molecule has 4 nitrogen and oxygen atoms in total. The van der Waals surface area contributed by atoms with Crippen LogP contribution in [0.25, 0.3) is 0 Å². The summed E-state index contributed by atoms with van der Waals surface area (Å²) in [5, 5.41) is 9.35. The molecule has 0 aromatic rings. The van der Waals surface area contributed by atoms with Gasteiger partial charge in [-0.1, -0.05) is 13.8 Å². The number of hydrogen-bond donors (Lipinski definition) is 0. The van der Waals surface area contributed by atoms with E-state index in [1.54, 1.807) is 0 Å². The van der Waals surface area contributed by atoms with Crippen molar-refractivity contribution in [1.29, 1.82) is 5.26 Å². The number of carbonyl (C=O) groups excluding carboxylic acids is 1. The lowest BCUT2D eigenvalue weighted by atomic mass is 9.62. The zero-order valence-electron chi connectivity index (χ0n) is 12.4. The molecule has 0 aromatic carbocycles. The molecule has 1 amide bonds. The van der Waals surface area contributed by atoms with Gasteiger partial charge in [0.15, 0.2) is 0 Å². The van der Waals surface area contributed by atoms with Crippen LogP contribution in [-0.2, 0) is 4.79 Å². The fourth-order valence-electron chi connectivity index (χ4n) is 3.57. The second-order valence-electron chi connectivity index (χ2n) is 6.29. The van der Waals surface area contributed by atoms with E-state index in [9.17, 15) is 10.1 Å². The Bertz CT molecular complexity index is 373. The van der Waals surface area contributed by atoms with Gasteiger partial charge in [-0.15, -0.1) is 0 Å². The largest absolute Gasteiger partial charge is 0.341 e. The molecule has 0 N–H and O–H groups in total. The molecule has 0 bridgehead atoms. The van der Waals surface area contributed by atoms with Gasteiger partial charge in [-0.25, -0.2) is 0 Å². The number of amides is 1. The van der Waals surface area contributed by atoms with Gasteiger partial charge < -0.3 is 9.80 Å². The maximum Gasteiger partial charge on any atom is 0.243 e. The lowest BCUT2D eigenvalue weighted by molar-refractivity contribution is -0.147. The maximum atomic E-state index is 12.6. The molecule has 1 saturated carbocycles. The van der Waals surface area contributed by atoms with Crippen molar-refractivity contribution in [2.24, 2.45) is 11.3 Å². The molecule has 0 unspecified atom stereocenters. The zero-order chi connectivity index (χ0) is 14.0. The molecule has 0 spiro atoms. The Morgan fingerprint density at radius 3 is 2.42 bits per heavy atom. The summed E-state index contributed by atoms with van der Waals surface area (Å²) in [5.74, 6) is 0.571. The van der Waals surface area contributed by atoms with Gasteiger partial charge in [0.05, 0.1) is 6.07 Å². The van der Waals surface area contributed by atoms with E-state index in [0.717, 1.165) is 45.3 Å². The summed E-state index contributed by atoms with van der Waals surface area (Å²) in [7, 11) is 1.89. The summed E-state index contributed by atoms with van der Waals surface area (Å²) < 4.78 is 0. The Labute approximate surface area is 116 Å². The smallest absolute Gasteiger partial charge is 0.243 e. The van der Waals surface area contributed by atoms with Gasteiger partial charge in [-0.2, -0.15) is 5.26 Å². The van der Waals surface area contributed by atoms with E-state index in [1.807, 2.05) is 11.9 Å². The van der Waals surface area contributed by atoms with Crippen LogP contribution in [0.3, 0.4) is 0 Å². The van der Waals surface area contributed by atoms with Crippen LogP contribution in [0.5, 0.6) is 0 Å². The van der Waals surface area contributed by atoms with Crippen molar-refractivity contribution in [3.05, 3.63) is 0 Å². The number of likely N-dealkylation sites (tertiary alicyclic amines) is 1. The quantitative estimate of drug-likeness (QED) is 0.781. The molecule has 106 valence electrons. The van der Waals surface area contributed by atoms with Crippen LogP contribution in [0.2, 0.25) is 0 Å². The van der Waals surface area contributed by atoms with Crippen molar-refractivity contribution in [3.8, 4) is 6.07 Å². The second-order valence-corrected chi connectivity index (χ2v) is 6.29. The molecule has 19 heavy (non-hydrogen) atoms. The summed E-state index contributed by atoms with van der Waals surface area (Å²) >= 11 is 0. The molecule has 1 aliphatic carbocycles. The third-order valence-corrected chi connectivity index (χ3v) is 4.89. The minimum atomic E-state index is -0.712. The van der Waals surface area contributed by atoms with E-state index in [4.69, 9.17) is 0 Å². The Morgan fingerprint density at radius 1 is 1.42 bits per heavy atom. The number of carbonyl (C=O) groups is 1. The van der Waals surface area contributed by atoms with Crippen molar-refractivity contribution in [3.63, 3.8) is 0 Å². The molecule has 1 heterocycles. The fourth-order valence-corrected chi connectivity index (χ4v) is 3.57. The van der Waals surface area contributed by atoms with Crippen molar-refractivity contribution in [2.45, 2.75) is 45.6 Å². The minimum Gasteiger partial charge on any atom is -0.341 e. The third-order valence-electron chi connectivity index (χ3n) is 4.89.